The van der Waals surface area contributed by atoms with E-state index in [1.54, 1.807) is 0 Å². The van der Waals surface area contributed by atoms with Crippen molar-refractivity contribution in [1.29, 1.82) is 0 Å². The quantitative estimate of drug-likeness (QED) is 0.116. The van der Waals surface area contributed by atoms with Gasteiger partial charge in [-0.3, -0.25) is 19.2 Å². The van der Waals surface area contributed by atoms with Gasteiger partial charge in [0.1, 0.15) is 25.0 Å². The summed E-state index contributed by atoms with van der Waals surface area (Å²) in [6.45, 7) is 24.9. The van der Waals surface area contributed by atoms with Crippen LogP contribution in [0.25, 0.3) is 0 Å². The molecule has 8 saturated carbocycles. The molecule has 8 fully saturated rings. The maximum atomic E-state index is 11.9. The van der Waals surface area contributed by atoms with Crippen LogP contribution in [-0.4, -0.2) is 46.3 Å². The minimum absolute atomic E-state index is 0.0853. The van der Waals surface area contributed by atoms with Gasteiger partial charge in [0, 0.05) is 0 Å². The topological polar surface area (TPSA) is 127 Å². The van der Waals surface area contributed by atoms with E-state index in [2.05, 4.69) is 69.2 Å². The van der Waals surface area contributed by atoms with Crippen LogP contribution in [0.2, 0.25) is 0 Å². The first-order valence-corrected chi connectivity index (χ1v) is 28.9. The fourth-order valence-corrected chi connectivity index (χ4v) is 19.4. The summed E-state index contributed by atoms with van der Waals surface area (Å²) < 4.78 is 11.2. The third kappa shape index (κ3) is 11.2. The molecule has 0 bridgehead atoms. The van der Waals surface area contributed by atoms with E-state index >= 15 is 0 Å². The second-order valence-electron chi connectivity index (χ2n) is 27.3. The molecule has 0 amide bonds. The number of carbonyl (C=O) groups is 4. The number of carboxylic acids is 2. The largest absolute Gasteiger partial charge is 0.481 e. The van der Waals surface area contributed by atoms with E-state index in [1.807, 2.05) is 0 Å². The van der Waals surface area contributed by atoms with Crippen molar-refractivity contribution in [2.75, 3.05) is 0 Å². The SMILES string of the molecule is CC(C)CCCC(C)C1CCC2C3CCC4CC(OC(=O)CC(=O)O)CCC4(C)C3CCC12C.CC(C)CCCC(C)C1CCC2C3CCC4CC(OC(=O)CC(=O)O)CCC4(C)C3CCC12C. The Morgan fingerprint density at radius 1 is 0.456 bits per heavy atom. The fourth-order valence-electron chi connectivity index (χ4n) is 19.4. The second kappa shape index (κ2) is 21.9. The molecule has 0 aliphatic heterocycles. The van der Waals surface area contributed by atoms with Gasteiger partial charge in [-0.15, -0.1) is 0 Å². The smallest absolute Gasteiger partial charge is 0.317 e. The molecule has 8 aliphatic rings. The van der Waals surface area contributed by atoms with Crippen molar-refractivity contribution >= 4 is 23.9 Å². The standard InChI is InChI=1S/2C30H50O4/c2*1-19(2)7-6-8-20(3)24-11-12-25-23-10-9-21-17-22(34-28(33)18-27(31)32)13-15-29(21,4)26(23)14-16-30(24,25)5/h2*19-26H,6-18H2,1-5H3,(H,31,32). The summed E-state index contributed by atoms with van der Waals surface area (Å²) >= 11 is 0. The van der Waals surface area contributed by atoms with E-state index in [0.29, 0.717) is 33.5 Å². The number of carboxylic acid groups (broad SMARTS) is 2. The normalized spacial score (nSPS) is 42.4. The molecule has 0 spiro atoms. The van der Waals surface area contributed by atoms with Crippen LogP contribution in [0.5, 0.6) is 0 Å². The number of hydrogen-bond acceptors (Lipinski definition) is 6. The highest BCUT2D eigenvalue weighted by Gasteiger charge is 2.62. The molecular weight excluding hydrogens is 849 g/mol. The lowest BCUT2D eigenvalue weighted by Crippen LogP contribution is -2.54. The summed E-state index contributed by atoms with van der Waals surface area (Å²) in [6, 6.07) is 0. The maximum Gasteiger partial charge on any atom is 0.317 e. The first-order valence-electron chi connectivity index (χ1n) is 28.9. The van der Waals surface area contributed by atoms with Crippen LogP contribution < -0.4 is 0 Å². The molecular formula is C60H100O8. The van der Waals surface area contributed by atoms with Crippen molar-refractivity contribution in [3.8, 4) is 0 Å². The Balaban J connectivity index is 0.000000201. The highest BCUT2D eigenvalue weighted by Crippen LogP contribution is 2.70. The zero-order valence-electron chi connectivity index (χ0n) is 45.0. The van der Waals surface area contributed by atoms with Gasteiger partial charge in [-0.2, -0.15) is 0 Å². The number of ether oxygens (including phenoxy) is 2. The van der Waals surface area contributed by atoms with Gasteiger partial charge >= 0.3 is 23.9 Å². The molecule has 388 valence electrons. The lowest BCUT2D eigenvalue weighted by atomic mass is 9.44. The van der Waals surface area contributed by atoms with Gasteiger partial charge < -0.3 is 19.7 Å². The molecule has 0 aromatic heterocycles. The second-order valence-corrected chi connectivity index (χ2v) is 27.3. The van der Waals surface area contributed by atoms with E-state index in [1.165, 1.54) is 116 Å². The summed E-state index contributed by atoms with van der Waals surface area (Å²) in [5.41, 5.74) is 1.79. The summed E-state index contributed by atoms with van der Waals surface area (Å²) in [7, 11) is 0. The minimum atomic E-state index is -1.10. The molecule has 8 heteroatoms. The molecule has 8 nitrogen and oxygen atoms in total. The van der Waals surface area contributed by atoms with Crippen molar-refractivity contribution in [2.24, 2.45) is 105 Å². The van der Waals surface area contributed by atoms with Crippen LogP contribution in [0.15, 0.2) is 0 Å². The zero-order chi connectivity index (χ0) is 49.3. The maximum absolute atomic E-state index is 11.9. The van der Waals surface area contributed by atoms with Crippen LogP contribution in [0.4, 0.5) is 0 Å². The van der Waals surface area contributed by atoms with Crippen molar-refractivity contribution in [2.45, 2.75) is 248 Å². The van der Waals surface area contributed by atoms with Crippen LogP contribution in [-0.2, 0) is 28.7 Å². The van der Waals surface area contributed by atoms with Gasteiger partial charge in [0.25, 0.3) is 0 Å². The molecule has 0 saturated heterocycles. The third-order valence-corrected chi connectivity index (χ3v) is 22.8. The van der Waals surface area contributed by atoms with Crippen molar-refractivity contribution in [3.05, 3.63) is 0 Å². The fraction of sp³-hybridized carbons (Fsp3) is 0.933. The third-order valence-electron chi connectivity index (χ3n) is 22.8. The Hall–Kier alpha value is -2.12. The molecule has 8 aliphatic carbocycles. The van der Waals surface area contributed by atoms with Crippen molar-refractivity contribution in [1.82, 2.24) is 0 Å². The van der Waals surface area contributed by atoms with E-state index in [9.17, 15) is 19.2 Å². The van der Waals surface area contributed by atoms with Crippen molar-refractivity contribution < 1.29 is 38.9 Å². The minimum Gasteiger partial charge on any atom is -0.481 e. The van der Waals surface area contributed by atoms with Gasteiger partial charge in [0.15, 0.2) is 0 Å². The molecule has 8 rings (SSSR count). The summed E-state index contributed by atoms with van der Waals surface area (Å²) in [6.07, 6.45) is 29.6. The number of aliphatic carboxylic acids is 2. The van der Waals surface area contributed by atoms with Crippen LogP contribution in [0.1, 0.15) is 236 Å². The summed E-state index contributed by atoms with van der Waals surface area (Å²) in [5, 5.41) is 17.8. The van der Waals surface area contributed by atoms with Gasteiger partial charge in [-0.1, -0.05) is 108 Å². The number of carbonyl (C=O) groups excluding carboxylic acids is 2. The number of rotatable bonds is 16. The van der Waals surface area contributed by atoms with E-state index < -0.39 is 36.7 Å². The lowest BCUT2D eigenvalue weighted by Gasteiger charge is -2.61. The molecule has 18 atom stereocenters. The number of fused-ring (bicyclic) bond motifs is 10. The zero-order valence-corrected chi connectivity index (χ0v) is 45.0. The Bertz CT molecular complexity index is 1620. The Morgan fingerprint density at radius 3 is 1.16 bits per heavy atom. The molecule has 0 heterocycles. The molecule has 0 radical (unpaired) electrons. The van der Waals surface area contributed by atoms with Gasteiger partial charge in [-0.05, 0) is 220 Å². The molecule has 0 aromatic rings. The number of hydrogen-bond donors (Lipinski definition) is 2. The van der Waals surface area contributed by atoms with E-state index in [-0.39, 0.29) is 12.2 Å². The van der Waals surface area contributed by atoms with E-state index in [0.717, 1.165) is 110 Å². The van der Waals surface area contributed by atoms with Crippen LogP contribution in [0, 0.1) is 105 Å². The number of esters is 2. The predicted molar refractivity (Wildman–Crippen MR) is 270 cm³/mol. The molecule has 68 heavy (non-hydrogen) atoms. The molecule has 18 unspecified atom stereocenters. The van der Waals surface area contributed by atoms with Gasteiger partial charge in [0.05, 0.1) is 0 Å². The highest BCUT2D eigenvalue weighted by atomic mass is 16.5. The summed E-state index contributed by atoms with van der Waals surface area (Å²) in [4.78, 5) is 45.6. The Kier molecular flexibility index (Phi) is 17.3. The average molecular weight is 949 g/mol. The highest BCUT2D eigenvalue weighted by molar-refractivity contribution is 5.90. The van der Waals surface area contributed by atoms with Crippen molar-refractivity contribution in [3.63, 3.8) is 0 Å². The molecule has 2 N–H and O–H groups in total. The first kappa shape index (κ1) is 53.7. The summed E-state index contributed by atoms with van der Waals surface area (Å²) in [5.74, 6) is 8.22. The van der Waals surface area contributed by atoms with Gasteiger partial charge in [-0.25, -0.2) is 0 Å². The first-order chi connectivity index (χ1) is 32.1. The Morgan fingerprint density at radius 2 is 0.809 bits per heavy atom. The molecule has 0 aromatic carbocycles. The Labute approximate surface area is 414 Å². The van der Waals surface area contributed by atoms with Crippen LogP contribution in [0.3, 0.4) is 0 Å². The average Bonchev–Trinajstić information content (AvgIpc) is 3.80. The van der Waals surface area contributed by atoms with E-state index in [4.69, 9.17) is 19.7 Å². The van der Waals surface area contributed by atoms with Gasteiger partial charge in [0.2, 0.25) is 0 Å². The predicted octanol–water partition coefficient (Wildman–Crippen LogP) is 15.0. The monoisotopic (exact) mass is 949 g/mol. The van der Waals surface area contributed by atoms with Crippen LogP contribution >= 0.6 is 0 Å². The lowest BCUT2D eigenvalue weighted by molar-refractivity contribution is -0.166.